The molecule has 1 aliphatic heterocycles. The van der Waals surface area contributed by atoms with Crippen molar-refractivity contribution in [3.8, 4) is 0 Å². The predicted molar refractivity (Wildman–Crippen MR) is 126 cm³/mol. The molecule has 1 aliphatic carbocycles. The number of carbonyl (C=O) groups excluding carboxylic acids is 2. The van der Waals surface area contributed by atoms with Crippen LogP contribution in [0.1, 0.15) is 55.7 Å². The molecule has 0 radical (unpaired) electrons. The summed E-state index contributed by atoms with van der Waals surface area (Å²) in [6, 6.07) is 17.7. The van der Waals surface area contributed by atoms with Crippen molar-refractivity contribution in [3.63, 3.8) is 0 Å². The Balaban J connectivity index is 1.37. The first-order chi connectivity index (χ1) is 15.6. The summed E-state index contributed by atoms with van der Waals surface area (Å²) in [6.07, 6.45) is 7.15. The number of likely N-dealkylation sites (tertiary alicyclic amines) is 1. The highest BCUT2D eigenvalue weighted by molar-refractivity contribution is 5.86. The first-order valence-corrected chi connectivity index (χ1v) is 11.7. The monoisotopic (exact) mass is 432 g/mol. The van der Waals surface area contributed by atoms with E-state index in [1.54, 1.807) is 0 Å². The van der Waals surface area contributed by atoms with Crippen LogP contribution in [0.3, 0.4) is 0 Å². The van der Waals surface area contributed by atoms with Crippen molar-refractivity contribution < 1.29 is 14.3 Å². The van der Waals surface area contributed by atoms with Gasteiger partial charge in [-0.2, -0.15) is 0 Å². The molecule has 1 N–H and O–H groups in total. The van der Waals surface area contributed by atoms with Crippen LogP contribution in [0.25, 0.3) is 5.57 Å². The third kappa shape index (κ3) is 5.39. The number of amides is 2. The Kier molecular flexibility index (Phi) is 7.25. The Morgan fingerprint density at radius 1 is 1.06 bits per heavy atom. The lowest BCUT2D eigenvalue weighted by Crippen LogP contribution is -2.52. The summed E-state index contributed by atoms with van der Waals surface area (Å²) in [4.78, 5) is 27.8. The first-order valence-electron chi connectivity index (χ1n) is 11.7. The maximum atomic E-state index is 13.4. The van der Waals surface area contributed by atoms with E-state index < -0.39 is 12.1 Å². The SMILES string of the molecule is C[C@@H]1CCCC[C@H](NC(=O)OCc2ccccc2)C(=O)N1CCC1=CCc2ccccc21. The van der Waals surface area contributed by atoms with Crippen LogP contribution in [0.5, 0.6) is 0 Å². The number of hydrogen-bond acceptors (Lipinski definition) is 3. The number of nitrogens with one attached hydrogen (secondary N) is 1. The smallest absolute Gasteiger partial charge is 0.408 e. The average Bonchev–Trinajstić information content (AvgIpc) is 3.23. The Bertz CT molecular complexity index is 970. The lowest BCUT2D eigenvalue weighted by Gasteiger charge is -2.35. The number of carbonyl (C=O) groups is 2. The summed E-state index contributed by atoms with van der Waals surface area (Å²) in [7, 11) is 0. The number of ether oxygens (including phenoxy) is 1. The van der Waals surface area contributed by atoms with Crippen molar-refractivity contribution in [1.29, 1.82) is 0 Å². The van der Waals surface area contributed by atoms with Gasteiger partial charge in [-0.25, -0.2) is 4.79 Å². The molecule has 2 aliphatic rings. The van der Waals surface area contributed by atoms with Crippen molar-refractivity contribution in [2.45, 2.75) is 64.1 Å². The molecule has 1 heterocycles. The van der Waals surface area contributed by atoms with E-state index in [1.165, 1.54) is 16.7 Å². The van der Waals surface area contributed by atoms with Gasteiger partial charge < -0.3 is 15.0 Å². The second-order valence-electron chi connectivity index (χ2n) is 8.76. The lowest BCUT2D eigenvalue weighted by atomic mass is 9.98. The minimum atomic E-state index is -0.536. The number of fused-ring (bicyclic) bond motifs is 1. The van der Waals surface area contributed by atoms with Crippen LogP contribution in [0.2, 0.25) is 0 Å². The molecular formula is C27H32N2O3. The molecule has 0 saturated carbocycles. The Morgan fingerprint density at radius 3 is 2.66 bits per heavy atom. The first kappa shape index (κ1) is 22.1. The van der Waals surface area contributed by atoms with Gasteiger partial charge in [-0.3, -0.25) is 4.79 Å². The van der Waals surface area contributed by atoms with Crippen molar-refractivity contribution >= 4 is 17.6 Å². The molecule has 1 saturated heterocycles. The summed E-state index contributed by atoms with van der Waals surface area (Å²) in [6.45, 7) is 2.98. The Hall–Kier alpha value is -3.08. The van der Waals surface area contributed by atoms with Gasteiger partial charge in [0.2, 0.25) is 5.91 Å². The number of hydrogen-bond donors (Lipinski definition) is 1. The van der Waals surface area contributed by atoms with Crippen molar-refractivity contribution in [2.24, 2.45) is 0 Å². The highest BCUT2D eigenvalue weighted by Gasteiger charge is 2.31. The minimum Gasteiger partial charge on any atom is -0.445 e. The standard InChI is InChI=1S/C27H32N2O3/c1-20-9-5-8-14-25(28-27(31)32-19-21-10-3-2-4-11-21)26(30)29(20)18-17-23-16-15-22-12-6-7-13-24(22)23/h2-4,6-7,10-13,16,20,25H,5,8-9,14-15,17-19H2,1H3,(H,28,31)/t20-,25+/m1/s1. The summed E-state index contributed by atoms with van der Waals surface area (Å²) in [5.41, 5.74) is 4.90. The molecule has 2 atom stereocenters. The molecule has 0 bridgehead atoms. The van der Waals surface area contributed by atoms with Crippen molar-refractivity contribution in [3.05, 3.63) is 77.4 Å². The van der Waals surface area contributed by atoms with E-state index in [4.69, 9.17) is 4.74 Å². The second-order valence-corrected chi connectivity index (χ2v) is 8.76. The van der Waals surface area contributed by atoms with Crippen LogP contribution in [-0.4, -0.2) is 35.5 Å². The summed E-state index contributed by atoms with van der Waals surface area (Å²) >= 11 is 0. The fourth-order valence-corrected chi connectivity index (χ4v) is 4.69. The molecule has 2 aromatic carbocycles. The molecule has 1 fully saturated rings. The zero-order valence-electron chi connectivity index (χ0n) is 18.8. The van der Waals surface area contributed by atoms with E-state index in [0.29, 0.717) is 13.0 Å². The van der Waals surface area contributed by atoms with Gasteiger partial charge in [0.05, 0.1) is 0 Å². The molecule has 2 aromatic rings. The predicted octanol–water partition coefficient (Wildman–Crippen LogP) is 5.10. The Morgan fingerprint density at radius 2 is 1.81 bits per heavy atom. The zero-order valence-corrected chi connectivity index (χ0v) is 18.8. The molecular weight excluding hydrogens is 400 g/mol. The van der Waals surface area contributed by atoms with E-state index in [1.807, 2.05) is 35.2 Å². The van der Waals surface area contributed by atoms with Crippen LogP contribution in [0.15, 0.2) is 60.7 Å². The lowest BCUT2D eigenvalue weighted by molar-refractivity contribution is -0.136. The van der Waals surface area contributed by atoms with E-state index in [0.717, 1.165) is 37.7 Å². The largest absolute Gasteiger partial charge is 0.445 e. The van der Waals surface area contributed by atoms with Gasteiger partial charge >= 0.3 is 6.09 Å². The maximum absolute atomic E-state index is 13.4. The molecule has 5 heteroatoms. The number of nitrogens with zero attached hydrogens (tertiary/aromatic N) is 1. The van der Waals surface area contributed by atoms with E-state index in [9.17, 15) is 9.59 Å². The highest BCUT2D eigenvalue weighted by Crippen LogP contribution is 2.30. The molecule has 0 spiro atoms. The topological polar surface area (TPSA) is 58.6 Å². The minimum absolute atomic E-state index is 0.000688. The van der Waals surface area contributed by atoms with Crippen LogP contribution >= 0.6 is 0 Å². The van der Waals surface area contributed by atoms with Gasteiger partial charge in [-0.15, -0.1) is 0 Å². The van der Waals surface area contributed by atoms with E-state index in [-0.39, 0.29) is 18.6 Å². The van der Waals surface area contributed by atoms with Crippen LogP contribution in [0.4, 0.5) is 4.79 Å². The van der Waals surface area contributed by atoms with Crippen LogP contribution in [-0.2, 0) is 22.6 Å². The van der Waals surface area contributed by atoms with Gasteiger partial charge in [-0.1, -0.05) is 73.5 Å². The molecule has 0 aromatic heterocycles. The highest BCUT2D eigenvalue weighted by atomic mass is 16.5. The third-order valence-corrected chi connectivity index (χ3v) is 6.54. The van der Waals surface area contributed by atoms with Gasteiger partial charge in [0.25, 0.3) is 0 Å². The van der Waals surface area contributed by atoms with Crippen LogP contribution < -0.4 is 5.32 Å². The number of benzene rings is 2. The number of rotatable bonds is 6. The molecule has 32 heavy (non-hydrogen) atoms. The zero-order chi connectivity index (χ0) is 22.3. The summed E-state index contributed by atoms with van der Waals surface area (Å²) in [5.74, 6) is 0.000688. The number of allylic oxidation sites excluding steroid dienone is 1. The fraction of sp³-hybridized carbons (Fsp3) is 0.407. The third-order valence-electron chi connectivity index (χ3n) is 6.54. The quantitative estimate of drug-likeness (QED) is 0.691. The fourth-order valence-electron chi connectivity index (χ4n) is 4.69. The van der Waals surface area contributed by atoms with Crippen LogP contribution in [0, 0.1) is 0 Å². The maximum Gasteiger partial charge on any atom is 0.408 e. The van der Waals surface area contributed by atoms with Crippen molar-refractivity contribution in [1.82, 2.24) is 10.2 Å². The van der Waals surface area contributed by atoms with E-state index in [2.05, 4.69) is 42.6 Å². The van der Waals surface area contributed by atoms with Gasteiger partial charge in [0, 0.05) is 12.6 Å². The average molecular weight is 433 g/mol. The molecule has 5 nitrogen and oxygen atoms in total. The van der Waals surface area contributed by atoms with Gasteiger partial charge in [0.1, 0.15) is 12.6 Å². The molecule has 4 rings (SSSR count). The number of alkyl carbamates (subject to hydrolysis) is 1. The van der Waals surface area contributed by atoms with E-state index >= 15 is 0 Å². The normalized spacial score (nSPS) is 20.7. The molecule has 2 amide bonds. The summed E-state index contributed by atoms with van der Waals surface area (Å²) in [5, 5.41) is 2.83. The second kappa shape index (κ2) is 10.5. The van der Waals surface area contributed by atoms with Gasteiger partial charge in [0.15, 0.2) is 0 Å². The van der Waals surface area contributed by atoms with Gasteiger partial charge in [-0.05, 0) is 54.9 Å². The Labute approximate surface area is 190 Å². The summed E-state index contributed by atoms with van der Waals surface area (Å²) < 4.78 is 5.36. The molecule has 0 unspecified atom stereocenters. The molecule has 168 valence electrons. The van der Waals surface area contributed by atoms with Crippen molar-refractivity contribution in [2.75, 3.05) is 6.54 Å².